The van der Waals surface area contributed by atoms with Gasteiger partial charge in [-0.3, -0.25) is 4.79 Å². The number of nitrogens with one attached hydrogen (secondary N) is 1. The molecule has 0 aliphatic carbocycles. The van der Waals surface area contributed by atoms with Crippen LogP contribution in [0.2, 0.25) is 0 Å². The maximum atomic E-state index is 12.9. The fourth-order valence-corrected chi connectivity index (χ4v) is 1.32. The van der Waals surface area contributed by atoms with E-state index in [2.05, 4.69) is 5.32 Å². The first-order chi connectivity index (χ1) is 8.25. The van der Waals surface area contributed by atoms with Gasteiger partial charge in [-0.15, -0.1) is 0 Å². The number of nitrogens with zero attached hydrogens (tertiary/aromatic N) is 1. The van der Waals surface area contributed by atoms with Crippen LogP contribution in [-0.2, 0) is 4.79 Å². The Morgan fingerprint density at radius 1 is 1.50 bits per heavy atom. The number of nitriles is 1. The molecule has 0 spiro atoms. The number of carbonyl (C=O) groups is 1. The van der Waals surface area contributed by atoms with Crippen LogP contribution in [0, 0.1) is 22.6 Å². The second-order valence-corrected chi connectivity index (χ2v) is 5.13. The quantitative estimate of drug-likeness (QED) is 0.841. The van der Waals surface area contributed by atoms with Crippen LogP contribution in [0.3, 0.4) is 0 Å². The number of halogens is 1. The fourth-order valence-electron chi connectivity index (χ4n) is 1.32. The molecule has 0 aliphatic heterocycles. The van der Waals surface area contributed by atoms with Gasteiger partial charge in [-0.1, -0.05) is 20.8 Å². The molecule has 0 saturated carbocycles. The molecule has 18 heavy (non-hydrogen) atoms. The normalized spacial score (nSPS) is 12.7. The highest BCUT2D eigenvalue weighted by molar-refractivity contribution is 5.96. The van der Waals surface area contributed by atoms with Gasteiger partial charge in [0.25, 0.3) is 0 Å². The van der Waals surface area contributed by atoms with Crippen molar-refractivity contribution >= 4 is 11.6 Å². The van der Waals surface area contributed by atoms with Crippen LogP contribution in [0.1, 0.15) is 26.3 Å². The van der Waals surface area contributed by atoms with Gasteiger partial charge < -0.3 is 11.1 Å². The Kier molecular flexibility index (Phi) is 4.04. The molecular weight excluding hydrogens is 233 g/mol. The first kappa shape index (κ1) is 14.1. The molecule has 1 aromatic rings. The number of hydrogen-bond acceptors (Lipinski definition) is 3. The molecule has 1 aromatic carbocycles. The van der Waals surface area contributed by atoms with E-state index in [1.54, 1.807) is 0 Å². The number of hydrogen-bond donors (Lipinski definition) is 2. The number of rotatable bonds is 2. The number of amides is 1. The van der Waals surface area contributed by atoms with E-state index in [0.717, 1.165) is 6.07 Å². The average Bonchev–Trinajstić information content (AvgIpc) is 2.29. The lowest BCUT2D eigenvalue weighted by atomic mass is 9.87. The van der Waals surface area contributed by atoms with Gasteiger partial charge in [0.2, 0.25) is 5.91 Å². The second kappa shape index (κ2) is 5.15. The molecule has 5 heteroatoms. The van der Waals surface area contributed by atoms with E-state index < -0.39 is 23.2 Å². The van der Waals surface area contributed by atoms with Crippen molar-refractivity contribution in [2.75, 3.05) is 5.32 Å². The van der Waals surface area contributed by atoms with Crippen molar-refractivity contribution in [3.05, 3.63) is 29.6 Å². The van der Waals surface area contributed by atoms with Gasteiger partial charge in [0.1, 0.15) is 11.9 Å². The molecule has 3 N–H and O–H groups in total. The largest absolute Gasteiger partial charge is 0.324 e. The zero-order valence-electron chi connectivity index (χ0n) is 10.6. The van der Waals surface area contributed by atoms with Gasteiger partial charge in [0, 0.05) is 0 Å². The summed E-state index contributed by atoms with van der Waals surface area (Å²) in [5.74, 6) is -0.921. The predicted molar refractivity (Wildman–Crippen MR) is 67.2 cm³/mol. The van der Waals surface area contributed by atoms with Crippen LogP contribution < -0.4 is 11.1 Å². The number of anilines is 1. The van der Waals surface area contributed by atoms with Gasteiger partial charge in [-0.2, -0.15) is 5.26 Å². The Bertz CT molecular complexity index is 500. The third kappa shape index (κ3) is 3.28. The predicted octanol–water partition coefficient (Wildman–Crippen LogP) is 2.01. The minimum absolute atomic E-state index is 0.0736. The van der Waals surface area contributed by atoms with Crippen LogP contribution in [-0.4, -0.2) is 11.9 Å². The zero-order chi connectivity index (χ0) is 13.9. The highest BCUT2D eigenvalue weighted by atomic mass is 19.1. The SMILES string of the molecule is CC(C)(C)[C@H](N)C(=O)Nc1ccc(F)cc1C#N. The zero-order valence-corrected chi connectivity index (χ0v) is 10.6. The summed E-state index contributed by atoms with van der Waals surface area (Å²) in [5, 5.41) is 11.4. The molecule has 0 fully saturated rings. The second-order valence-electron chi connectivity index (χ2n) is 5.13. The minimum atomic E-state index is -0.714. The molecule has 0 unspecified atom stereocenters. The van der Waals surface area contributed by atoms with E-state index in [4.69, 9.17) is 11.0 Å². The van der Waals surface area contributed by atoms with Gasteiger partial charge in [0.05, 0.1) is 17.3 Å². The molecule has 0 heterocycles. The Balaban J connectivity index is 2.93. The van der Waals surface area contributed by atoms with E-state index in [1.165, 1.54) is 12.1 Å². The minimum Gasteiger partial charge on any atom is -0.324 e. The smallest absolute Gasteiger partial charge is 0.241 e. The molecule has 1 atom stereocenters. The summed E-state index contributed by atoms with van der Waals surface area (Å²) in [4.78, 5) is 11.9. The van der Waals surface area contributed by atoms with E-state index >= 15 is 0 Å². The summed E-state index contributed by atoms with van der Waals surface area (Å²) in [6, 6.07) is 4.71. The van der Waals surface area contributed by atoms with Crippen LogP contribution in [0.25, 0.3) is 0 Å². The molecule has 0 bridgehead atoms. The fraction of sp³-hybridized carbons (Fsp3) is 0.385. The van der Waals surface area contributed by atoms with Crippen molar-refractivity contribution in [1.29, 1.82) is 5.26 Å². The molecule has 0 aromatic heterocycles. The molecule has 1 rings (SSSR count). The number of benzene rings is 1. The van der Waals surface area contributed by atoms with E-state index in [0.29, 0.717) is 0 Å². The van der Waals surface area contributed by atoms with E-state index in [1.807, 2.05) is 26.8 Å². The van der Waals surface area contributed by atoms with E-state index in [-0.39, 0.29) is 11.3 Å². The molecule has 0 radical (unpaired) electrons. The molecule has 0 aliphatic rings. The first-order valence-corrected chi connectivity index (χ1v) is 5.52. The molecule has 96 valence electrons. The van der Waals surface area contributed by atoms with Gasteiger partial charge >= 0.3 is 0 Å². The first-order valence-electron chi connectivity index (χ1n) is 5.52. The monoisotopic (exact) mass is 249 g/mol. The summed E-state index contributed by atoms with van der Waals surface area (Å²) in [5.41, 5.74) is 5.74. The Labute approximate surface area is 106 Å². The van der Waals surface area contributed by atoms with Crippen molar-refractivity contribution in [1.82, 2.24) is 0 Å². The van der Waals surface area contributed by atoms with Crippen LogP contribution in [0.5, 0.6) is 0 Å². The third-order valence-electron chi connectivity index (χ3n) is 2.58. The summed E-state index contributed by atoms with van der Waals surface area (Å²) in [7, 11) is 0. The molecule has 0 saturated heterocycles. The van der Waals surface area contributed by atoms with Crippen molar-refractivity contribution in [2.45, 2.75) is 26.8 Å². The number of nitrogens with two attached hydrogens (primary N) is 1. The lowest BCUT2D eigenvalue weighted by Crippen LogP contribution is -2.45. The maximum absolute atomic E-state index is 12.9. The summed E-state index contributed by atoms with van der Waals surface area (Å²) < 4.78 is 12.9. The van der Waals surface area contributed by atoms with Crippen molar-refractivity contribution in [2.24, 2.45) is 11.1 Å². The summed E-state index contributed by atoms with van der Waals surface area (Å²) in [6.45, 7) is 5.52. The lowest BCUT2D eigenvalue weighted by molar-refractivity contribution is -0.119. The van der Waals surface area contributed by atoms with Gasteiger partial charge in [0.15, 0.2) is 0 Å². The lowest BCUT2D eigenvalue weighted by Gasteiger charge is -2.25. The molecule has 1 amide bonds. The summed E-state index contributed by atoms with van der Waals surface area (Å²) in [6.07, 6.45) is 0. The summed E-state index contributed by atoms with van der Waals surface area (Å²) >= 11 is 0. The third-order valence-corrected chi connectivity index (χ3v) is 2.58. The Hall–Kier alpha value is -1.93. The molecular formula is C13H16FN3O. The average molecular weight is 249 g/mol. The van der Waals surface area contributed by atoms with Crippen LogP contribution >= 0.6 is 0 Å². The Morgan fingerprint density at radius 3 is 2.61 bits per heavy atom. The van der Waals surface area contributed by atoms with Crippen molar-refractivity contribution in [3.63, 3.8) is 0 Å². The van der Waals surface area contributed by atoms with E-state index in [9.17, 15) is 9.18 Å². The van der Waals surface area contributed by atoms with Crippen LogP contribution in [0.15, 0.2) is 18.2 Å². The van der Waals surface area contributed by atoms with Crippen molar-refractivity contribution < 1.29 is 9.18 Å². The van der Waals surface area contributed by atoms with Gasteiger partial charge in [-0.05, 0) is 23.6 Å². The number of carbonyl (C=O) groups excluding carboxylic acids is 1. The highest BCUT2D eigenvalue weighted by Gasteiger charge is 2.27. The van der Waals surface area contributed by atoms with Crippen molar-refractivity contribution in [3.8, 4) is 6.07 Å². The standard InChI is InChI=1S/C13H16FN3O/c1-13(2,3)11(16)12(18)17-10-5-4-9(14)6-8(10)7-15/h4-6,11H,16H2,1-3H3,(H,17,18)/t11-/m1/s1. The Morgan fingerprint density at radius 2 is 2.11 bits per heavy atom. The van der Waals surface area contributed by atoms with Gasteiger partial charge in [-0.25, -0.2) is 4.39 Å². The van der Waals surface area contributed by atoms with Crippen LogP contribution in [0.4, 0.5) is 10.1 Å². The maximum Gasteiger partial charge on any atom is 0.241 e. The molecule has 4 nitrogen and oxygen atoms in total. The topological polar surface area (TPSA) is 78.9 Å². The highest BCUT2D eigenvalue weighted by Crippen LogP contribution is 2.21.